The van der Waals surface area contributed by atoms with Crippen LogP contribution in [0.5, 0.6) is 0 Å². The molecule has 4 rings (SSSR count). The molecule has 0 saturated carbocycles. The van der Waals surface area contributed by atoms with Crippen LogP contribution in [0.3, 0.4) is 0 Å². The lowest BCUT2D eigenvalue weighted by Crippen LogP contribution is -2.70. The van der Waals surface area contributed by atoms with Gasteiger partial charge in [0.2, 0.25) is 5.91 Å². The first-order valence-corrected chi connectivity index (χ1v) is 11.9. The first-order valence-electron chi connectivity index (χ1n) is 8.94. The van der Waals surface area contributed by atoms with Crippen molar-refractivity contribution in [1.82, 2.24) is 10.2 Å². The van der Waals surface area contributed by atoms with E-state index in [-0.39, 0.29) is 29.3 Å². The highest BCUT2D eigenvalue weighted by atomic mass is 32.2. The van der Waals surface area contributed by atoms with Crippen molar-refractivity contribution in [3.05, 3.63) is 64.0 Å². The molecule has 150 valence electrons. The van der Waals surface area contributed by atoms with Gasteiger partial charge in [-0.3, -0.25) is 14.5 Å². The van der Waals surface area contributed by atoms with E-state index in [0.29, 0.717) is 11.5 Å². The average Bonchev–Trinajstić information content (AvgIpc) is 3.23. The van der Waals surface area contributed by atoms with Crippen molar-refractivity contribution in [1.29, 1.82) is 0 Å². The van der Waals surface area contributed by atoms with Crippen molar-refractivity contribution < 1.29 is 19.5 Å². The van der Waals surface area contributed by atoms with Crippen LogP contribution in [0.1, 0.15) is 4.88 Å². The van der Waals surface area contributed by atoms with E-state index in [4.69, 9.17) is 0 Å². The number of hydrogen-bond donors (Lipinski definition) is 2. The third kappa shape index (κ3) is 4.22. The molecule has 2 atom stereocenters. The molecule has 29 heavy (non-hydrogen) atoms. The van der Waals surface area contributed by atoms with Crippen LogP contribution in [0.15, 0.2) is 64.0 Å². The molecule has 1 aromatic carbocycles. The molecule has 0 bridgehead atoms. The fraction of sp³-hybridized carbons (Fsp3) is 0.250. The van der Waals surface area contributed by atoms with Crippen molar-refractivity contribution in [3.63, 3.8) is 0 Å². The van der Waals surface area contributed by atoms with Crippen molar-refractivity contribution in [2.24, 2.45) is 0 Å². The molecule has 3 heterocycles. The molecule has 0 spiro atoms. The van der Waals surface area contributed by atoms with Crippen molar-refractivity contribution in [2.75, 3.05) is 11.5 Å². The van der Waals surface area contributed by atoms with E-state index in [9.17, 15) is 19.5 Å². The number of rotatable bonds is 7. The zero-order valence-corrected chi connectivity index (χ0v) is 17.7. The van der Waals surface area contributed by atoms with E-state index in [2.05, 4.69) is 5.32 Å². The maximum absolute atomic E-state index is 12.7. The number of aliphatic carboxylic acids is 1. The van der Waals surface area contributed by atoms with Gasteiger partial charge in [-0.1, -0.05) is 24.3 Å². The molecule has 9 heteroatoms. The summed E-state index contributed by atoms with van der Waals surface area (Å²) in [5.41, 5.74) is 0.787. The van der Waals surface area contributed by atoms with Crippen LogP contribution in [0.2, 0.25) is 0 Å². The second kappa shape index (κ2) is 8.64. The van der Waals surface area contributed by atoms with E-state index >= 15 is 0 Å². The molecule has 2 aliphatic rings. The van der Waals surface area contributed by atoms with E-state index in [1.165, 1.54) is 28.0 Å². The molecule has 2 aliphatic heterocycles. The summed E-state index contributed by atoms with van der Waals surface area (Å²) in [6.07, 6.45) is 0.222. The minimum atomic E-state index is -1.10. The Morgan fingerprint density at radius 2 is 2.00 bits per heavy atom. The van der Waals surface area contributed by atoms with Crippen LogP contribution < -0.4 is 5.32 Å². The summed E-state index contributed by atoms with van der Waals surface area (Å²) in [4.78, 5) is 40.1. The van der Waals surface area contributed by atoms with Crippen LogP contribution in [-0.2, 0) is 20.8 Å². The minimum absolute atomic E-state index is 0.0611. The van der Waals surface area contributed by atoms with E-state index in [1.54, 1.807) is 11.8 Å². The highest BCUT2D eigenvalue weighted by molar-refractivity contribution is 8.01. The number of β-lactam (4-membered cyclic amide) rings is 1. The summed E-state index contributed by atoms with van der Waals surface area (Å²) < 4.78 is 0. The minimum Gasteiger partial charge on any atom is -0.477 e. The van der Waals surface area contributed by atoms with Gasteiger partial charge < -0.3 is 10.4 Å². The zero-order chi connectivity index (χ0) is 20.4. The normalized spacial score (nSPS) is 20.8. The Morgan fingerprint density at radius 3 is 2.69 bits per heavy atom. The molecule has 0 aliphatic carbocycles. The second-order valence-corrected chi connectivity index (χ2v) is 9.76. The summed E-state index contributed by atoms with van der Waals surface area (Å²) in [5.74, 6) is -0.660. The lowest BCUT2D eigenvalue weighted by molar-refractivity contribution is -0.150. The number of thioether (sulfide) groups is 2. The zero-order valence-electron chi connectivity index (χ0n) is 15.2. The van der Waals surface area contributed by atoms with Crippen molar-refractivity contribution >= 4 is 52.6 Å². The smallest absolute Gasteiger partial charge is 0.352 e. The first-order chi connectivity index (χ1) is 14.0. The quantitative estimate of drug-likeness (QED) is 0.502. The third-order valence-corrected chi connectivity index (χ3v) is 7.95. The van der Waals surface area contributed by atoms with Crippen molar-refractivity contribution in [3.8, 4) is 0 Å². The molecule has 2 N–H and O–H groups in total. The Kier molecular flexibility index (Phi) is 5.98. The van der Waals surface area contributed by atoms with Crippen LogP contribution in [0.4, 0.5) is 0 Å². The van der Waals surface area contributed by atoms with Crippen LogP contribution in [0.25, 0.3) is 0 Å². The van der Waals surface area contributed by atoms with Gasteiger partial charge in [0, 0.05) is 21.3 Å². The number of hydrogen-bond acceptors (Lipinski definition) is 6. The molecule has 0 radical (unpaired) electrons. The number of amides is 2. The number of benzene rings is 1. The number of carbonyl (C=O) groups is 3. The number of carbonyl (C=O) groups excluding carboxylic acids is 2. The molecule has 1 aromatic heterocycles. The largest absolute Gasteiger partial charge is 0.477 e. The summed E-state index contributed by atoms with van der Waals surface area (Å²) in [6.45, 7) is 0. The van der Waals surface area contributed by atoms with Gasteiger partial charge in [-0.15, -0.1) is 34.9 Å². The van der Waals surface area contributed by atoms with Crippen LogP contribution in [-0.4, -0.2) is 50.7 Å². The number of nitrogens with zero attached hydrogens (tertiary/aromatic N) is 1. The van der Waals surface area contributed by atoms with Gasteiger partial charge in [0.05, 0.1) is 6.42 Å². The first kappa shape index (κ1) is 20.1. The van der Waals surface area contributed by atoms with E-state index in [1.807, 2.05) is 47.8 Å². The third-order valence-electron chi connectivity index (χ3n) is 4.64. The summed E-state index contributed by atoms with van der Waals surface area (Å²) >= 11 is 4.53. The Hall–Kier alpha value is -2.23. The number of fused-ring (bicyclic) bond motifs is 1. The molecule has 2 aromatic rings. The van der Waals surface area contributed by atoms with Gasteiger partial charge in [-0.05, 0) is 29.2 Å². The van der Waals surface area contributed by atoms with E-state index in [0.717, 1.165) is 15.3 Å². The van der Waals surface area contributed by atoms with Crippen molar-refractivity contribution in [2.45, 2.75) is 22.7 Å². The number of thiophene rings is 1. The molecule has 6 nitrogen and oxygen atoms in total. The number of carboxylic acid groups (broad SMARTS) is 1. The highest BCUT2D eigenvalue weighted by Crippen LogP contribution is 2.41. The maximum Gasteiger partial charge on any atom is 0.352 e. The highest BCUT2D eigenvalue weighted by Gasteiger charge is 2.54. The Morgan fingerprint density at radius 1 is 1.21 bits per heavy atom. The average molecular weight is 447 g/mol. The van der Waals surface area contributed by atoms with Crippen LogP contribution in [0, 0.1) is 0 Å². The molecular formula is C20H18N2O4S3. The monoisotopic (exact) mass is 446 g/mol. The van der Waals surface area contributed by atoms with Gasteiger partial charge in [-0.2, -0.15) is 0 Å². The topological polar surface area (TPSA) is 86.7 Å². The lowest BCUT2D eigenvalue weighted by atomic mass is 10.0. The van der Waals surface area contributed by atoms with Gasteiger partial charge in [-0.25, -0.2) is 4.79 Å². The van der Waals surface area contributed by atoms with Gasteiger partial charge in [0.1, 0.15) is 17.1 Å². The number of nitrogens with one attached hydrogen (secondary N) is 1. The molecule has 2 amide bonds. The predicted molar refractivity (Wildman–Crippen MR) is 115 cm³/mol. The van der Waals surface area contributed by atoms with Gasteiger partial charge >= 0.3 is 5.97 Å². The molecular weight excluding hydrogens is 428 g/mol. The molecule has 1 saturated heterocycles. The standard InChI is InChI=1S/C20H18N2O4S3/c23-15(9-14-7-4-8-27-14)21-16-18(24)22-17(20(25)26)12(11-29-19(16)22)10-28-13-5-2-1-3-6-13/h1-8,16,19H,9-11H2,(H,21,23)(H,25,26)/t16?,19-/m1/s1. The maximum atomic E-state index is 12.7. The molecule has 1 unspecified atom stereocenters. The lowest BCUT2D eigenvalue weighted by Gasteiger charge is -2.49. The van der Waals surface area contributed by atoms with Crippen LogP contribution >= 0.6 is 34.9 Å². The fourth-order valence-electron chi connectivity index (χ4n) is 3.28. The Bertz CT molecular complexity index is 959. The predicted octanol–water partition coefficient (Wildman–Crippen LogP) is 2.82. The second-order valence-electron chi connectivity index (χ2n) is 6.57. The summed E-state index contributed by atoms with van der Waals surface area (Å²) in [7, 11) is 0. The number of carboxylic acids is 1. The summed E-state index contributed by atoms with van der Waals surface area (Å²) in [6, 6.07) is 12.8. The SMILES string of the molecule is O=C(Cc1cccs1)NC1C(=O)N2C(C(=O)O)=C(CSc3ccccc3)CS[C@H]12. The van der Waals surface area contributed by atoms with E-state index < -0.39 is 12.0 Å². The Balaban J connectivity index is 1.44. The Labute approximate surface area is 180 Å². The van der Waals surface area contributed by atoms with Gasteiger partial charge in [0.25, 0.3) is 5.91 Å². The fourth-order valence-corrected chi connectivity index (χ4v) is 6.39. The summed E-state index contributed by atoms with van der Waals surface area (Å²) in [5, 5.41) is 14.0. The van der Waals surface area contributed by atoms with Gasteiger partial charge in [0.15, 0.2) is 0 Å². The molecule has 1 fully saturated rings.